The second-order valence-corrected chi connectivity index (χ2v) is 5.31. The lowest BCUT2D eigenvalue weighted by molar-refractivity contribution is -0.117. The lowest BCUT2D eigenvalue weighted by atomic mass is 10.2. The normalized spacial score (nSPS) is 11.2. The van der Waals surface area contributed by atoms with Crippen LogP contribution in [-0.4, -0.2) is 23.8 Å². The summed E-state index contributed by atoms with van der Waals surface area (Å²) in [4.78, 5) is 35.1. The Balaban J connectivity index is 1.91. The Morgan fingerprint density at radius 3 is 1.92 bits per heavy atom. The van der Waals surface area contributed by atoms with E-state index in [-0.39, 0.29) is 17.7 Å². The van der Waals surface area contributed by atoms with Crippen LogP contribution in [0.1, 0.15) is 24.2 Å². The van der Waals surface area contributed by atoms with E-state index in [1.807, 2.05) is 6.07 Å². The smallest absolute Gasteiger partial charge is 0.251 e. The van der Waals surface area contributed by atoms with E-state index in [9.17, 15) is 14.4 Å². The predicted molar refractivity (Wildman–Crippen MR) is 92.7 cm³/mol. The Kier molecular flexibility index (Phi) is 5.68. The largest absolute Gasteiger partial charge is 0.341 e. The third-order valence-electron chi connectivity index (χ3n) is 3.25. The van der Waals surface area contributed by atoms with E-state index in [0.29, 0.717) is 16.9 Å². The van der Waals surface area contributed by atoms with Crippen molar-refractivity contribution in [1.29, 1.82) is 0 Å². The molecule has 0 saturated carbocycles. The first kappa shape index (κ1) is 17.2. The average molecular weight is 325 g/mol. The van der Waals surface area contributed by atoms with Gasteiger partial charge in [0.15, 0.2) is 0 Å². The third-order valence-corrected chi connectivity index (χ3v) is 3.25. The highest BCUT2D eigenvalue weighted by Gasteiger charge is 2.16. The first-order valence-electron chi connectivity index (χ1n) is 7.50. The molecule has 124 valence electrons. The van der Waals surface area contributed by atoms with Gasteiger partial charge in [-0.15, -0.1) is 0 Å². The molecule has 0 fully saturated rings. The van der Waals surface area contributed by atoms with Gasteiger partial charge in [-0.3, -0.25) is 14.4 Å². The molecule has 1 atom stereocenters. The highest BCUT2D eigenvalue weighted by Crippen LogP contribution is 2.13. The molecule has 24 heavy (non-hydrogen) atoms. The van der Waals surface area contributed by atoms with E-state index in [4.69, 9.17) is 0 Å². The molecule has 0 spiro atoms. The van der Waals surface area contributed by atoms with Crippen LogP contribution in [0.25, 0.3) is 0 Å². The maximum atomic E-state index is 12.1. The Morgan fingerprint density at radius 1 is 0.833 bits per heavy atom. The second kappa shape index (κ2) is 7.92. The molecule has 0 saturated heterocycles. The van der Waals surface area contributed by atoms with Gasteiger partial charge in [-0.1, -0.05) is 18.2 Å². The van der Waals surface area contributed by atoms with Crippen molar-refractivity contribution in [3.05, 3.63) is 60.2 Å². The van der Waals surface area contributed by atoms with Crippen LogP contribution < -0.4 is 16.0 Å². The maximum Gasteiger partial charge on any atom is 0.251 e. The van der Waals surface area contributed by atoms with Crippen LogP contribution in [0.2, 0.25) is 0 Å². The number of benzene rings is 2. The Hall–Kier alpha value is -3.15. The predicted octanol–water partition coefficient (Wildman–Crippen LogP) is 2.40. The zero-order chi connectivity index (χ0) is 17.5. The van der Waals surface area contributed by atoms with Crippen LogP contribution in [0.3, 0.4) is 0 Å². The number of carbonyl (C=O) groups excluding carboxylic acids is 3. The van der Waals surface area contributed by atoms with Gasteiger partial charge in [0, 0.05) is 23.9 Å². The van der Waals surface area contributed by atoms with E-state index in [1.54, 1.807) is 55.5 Å². The van der Waals surface area contributed by atoms with Gasteiger partial charge in [-0.25, -0.2) is 0 Å². The number of hydrogen-bond donors (Lipinski definition) is 3. The zero-order valence-corrected chi connectivity index (χ0v) is 13.5. The average Bonchev–Trinajstić information content (AvgIpc) is 2.56. The van der Waals surface area contributed by atoms with Crippen LogP contribution in [0.5, 0.6) is 0 Å². The number of rotatable bonds is 5. The lowest BCUT2D eigenvalue weighted by Crippen LogP contribution is -2.41. The number of carbonyl (C=O) groups is 3. The van der Waals surface area contributed by atoms with Gasteiger partial charge in [0.25, 0.3) is 5.91 Å². The quantitative estimate of drug-likeness (QED) is 0.789. The third kappa shape index (κ3) is 4.95. The van der Waals surface area contributed by atoms with Crippen LogP contribution in [-0.2, 0) is 9.59 Å². The van der Waals surface area contributed by atoms with Crippen LogP contribution in [0.4, 0.5) is 11.4 Å². The number of amides is 3. The molecule has 2 aromatic rings. The molecule has 6 nitrogen and oxygen atoms in total. The van der Waals surface area contributed by atoms with Crippen LogP contribution in [0.15, 0.2) is 54.6 Å². The summed E-state index contributed by atoms with van der Waals surface area (Å²) in [6.45, 7) is 3.04. The van der Waals surface area contributed by atoms with E-state index in [1.165, 1.54) is 6.92 Å². The summed E-state index contributed by atoms with van der Waals surface area (Å²) in [5.74, 6) is -0.796. The van der Waals surface area contributed by atoms with Crippen molar-refractivity contribution >= 4 is 29.1 Å². The van der Waals surface area contributed by atoms with Crippen molar-refractivity contribution in [1.82, 2.24) is 5.32 Å². The highest BCUT2D eigenvalue weighted by molar-refractivity contribution is 6.01. The molecular formula is C18H19N3O3. The van der Waals surface area contributed by atoms with Crippen molar-refractivity contribution in [3.63, 3.8) is 0 Å². The minimum Gasteiger partial charge on any atom is -0.341 e. The van der Waals surface area contributed by atoms with Crippen LogP contribution in [0, 0.1) is 0 Å². The molecule has 0 heterocycles. The maximum absolute atomic E-state index is 12.1. The zero-order valence-electron chi connectivity index (χ0n) is 13.5. The molecule has 0 aliphatic heterocycles. The van der Waals surface area contributed by atoms with E-state index < -0.39 is 6.04 Å². The second-order valence-electron chi connectivity index (χ2n) is 5.31. The Bertz CT molecular complexity index is 727. The SMILES string of the molecule is CC(=O)Nc1ccc(NC(=O)C(C)NC(=O)c2ccccc2)cc1. The van der Waals surface area contributed by atoms with E-state index in [0.717, 1.165) is 0 Å². The summed E-state index contributed by atoms with van der Waals surface area (Å²) in [6.07, 6.45) is 0. The molecule has 0 aromatic heterocycles. The van der Waals surface area contributed by atoms with Gasteiger partial charge in [-0.2, -0.15) is 0 Å². The molecular weight excluding hydrogens is 306 g/mol. The van der Waals surface area contributed by atoms with Gasteiger partial charge < -0.3 is 16.0 Å². The fourth-order valence-electron chi connectivity index (χ4n) is 2.03. The lowest BCUT2D eigenvalue weighted by Gasteiger charge is -2.14. The van der Waals surface area contributed by atoms with Crippen molar-refractivity contribution in [3.8, 4) is 0 Å². The number of nitrogens with one attached hydrogen (secondary N) is 3. The number of hydrogen-bond acceptors (Lipinski definition) is 3. The van der Waals surface area contributed by atoms with Gasteiger partial charge in [0.2, 0.25) is 11.8 Å². The molecule has 0 bridgehead atoms. The van der Waals surface area contributed by atoms with Gasteiger partial charge >= 0.3 is 0 Å². The molecule has 3 amide bonds. The topological polar surface area (TPSA) is 87.3 Å². The molecule has 0 aliphatic rings. The minimum absolute atomic E-state index is 0.163. The fourth-order valence-corrected chi connectivity index (χ4v) is 2.03. The first-order chi connectivity index (χ1) is 11.5. The number of anilines is 2. The Labute approximate surface area is 140 Å². The molecule has 3 N–H and O–H groups in total. The molecule has 0 radical (unpaired) electrons. The Morgan fingerprint density at radius 2 is 1.38 bits per heavy atom. The summed E-state index contributed by atoms with van der Waals surface area (Å²) >= 11 is 0. The van der Waals surface area contributed by atoms with Gasteiger partial charge in [0.1, 0.15) is 6.04 Å². The van der Waals surface area contributed by atoms with Crippen molar-refractivity contribution in [2.45, 2.75) is 19.9 Å². The highest BCUT2D eigenvalue weighted by atomic mass is 16.2. The molecule has 6 heteroatoms. The molecule has 0 aliphatic carbocycles. The molecule has 2 aromatic carbocycles. The van der Waals surface area contributed by atoms with Crippen molar-refractivity contribution < 1.29 is 14.4 Å². The summed E-state index contributed by atoms with van der Waals surface area (Å²) in [5, 5.41) is 8.00. The summed E-state index contributed by atoms with van der Waals surface area (Å²) in [5.41, 5.74) is 1.72. The summed E-state index contributed by atoms with van der Waals surface area (Å²) in [7, 11) is 0. The van der Waals surface area contributed by atoms with Crippen molar-refractivity contribution in [2.75, 3.05) is 10.6 Å². The monoisotopic (exact) mass is 325 g/mol. The van der Waals surface area contributed by atoms with Crippen LogP contribution >= 0.6 is 0 Å². The van der Waals surface area contributed by atoms with E-state index in [2.05, 4.69) is 16.0 Å². The molecule has 2 rings (SSSR count). The molecule has 1 unspecified atom stereocenters. The van der Waals surface area contributed by atoms with E-state index >= 15 is 0 Å². The van der Waals surface area contributed by atoms with Crippen molar-refractivity contribution in [2.24, 2.45) is 0 Å². The van der Waals surface area contributed by atoms with Gasteiger partial charge in [0.05, 0.1) is 0 Å². The first-order valence-corrected chi connectivity index (χ1v) is 7.50. The standard InChI is InChI=1S/C18H19N3O3/c1-12(19-18(24)14-6-4-3-5-7-14)17(23)21-16-10-8-15(9-11-16)20-13(2)22/h3-12H,1-2H3,(H,19,24)(H,20,22)(H,21,23). The minimum atomic E-state index is -0.687. The van der Waals surface area contributed by atoms with Gasteiger partial charge in [-0.05, 0) is 43.3 Å². The summed E-state index contributed by atoms with van der Waals surface area (Å²) < 4.78 is 0. The summed E-state index contributed by atoms with van der Waals surface area (Å²) in [6, 6.07) is 14.7. The fraction of sp³-hybridized carbons (Fsp3) is 0.167.